The van der Waals surface area contributed by atoms with Crippen LogP contribution in [0.5, 0.6) is 0 Å². The minimum atomic E-state index is -3.89. The Labute approximate surface area is 229 Å². The van der Waals surface area contributed by atoms with Crippen LogP contribution in [0, 0.1) is 0 Å². The third-order valence-electron chi connectivity index (χ3n) is 5.76. The van der Waals surface area contributed by atoms with Crippen molar-refractivity contribution in [2.24, 2.45) is 4.99 Å². The molecule has 3 aromatic carbocycles. The molecule has 0 radical (unpaired) electrons. The lowest BCUT2D eigenvalue weighted by Gasteiger charge is -2.09. The van der Waals surface area contributed by atoms with E-state index in [1.54, 1.807) is 22.8 Å². The van der Waals surface area contributed by atoms with Crippen LogP contribution in [0.25, 0.3) is 10.2 Å². The van der Waals surface area contributed by atoms with Crippen LogP contribution >= 0.6 is 22.9 Å². The molecule has 11 heteroatoms. The summed E-state index contributed by atoms with van der Waals surface area (Å²) in [6, 6.07) is 17.8. The van der Waals surface area contributed by atoms with Gasteiger partial charge in [-0.2, -0.15) is 4.99 Å². The molecule has 1 N–H and O–H groups in total. The summed E-state index contributed by atoms with van der Waals surface area (Å²) < 4.78 is 35.4. The number of unbranched alkanes of at least 4 members (excludes halogenated alkanes) is 1. The number of nitrogens with zero attached hydrogens (tertiary/aromatic N) is 2. The molecule has 0 bridgehead atoms. The number of anilines is 1. The predicted octanol–water partition coefficient (Wildman–Crippen LogP) is 5.41. The first-order chi connectivity index (χ1) is 18.2. The van der Waals surface area contributed by atoms with Crippen LogP contribution in [0.1, 0.15) is 35.7 Å². The summed E-state index contributed by atoms with van der Waals surface area (Å²) in [6.45, 7) is 2.03. The van der Waals surface area contributed by atoms with Crippen LogP contribution in [-0.2, 0) is 32.5 Å². The van der Waals surface area contributed by atoms with Crippen molar-refractivity contribution in [3.63, 3.8) is 0 Å². The summed E-state index contributed by atoms with van der Waals surface area (Å²) in [6.07, 6.45) is 3.08. The third kappa shape index (κ3) is 6.50. The van der Waals surface area contributed by atoms with Gasteiger partial charge in [0.15, 0.2) is 4.80 Å². The fraction of sp³-hybridized carbons (Fsp3) is 0.222. The van der Waals surface area contributed by atoms with Crippen molar-refractivity contribution in [1.82, 2.24) is 4.57 Å². The van der Waals surface area contributed by atoms with Gasteiger partial charge in [-0.3, -0.25) is 14.3 Å². The zero-order chi connectivity index (χ0) is 27.3. The summed E-state index contributed by atoms with van der Waals surface area (Å²) >= 11 is 7.16. The van der Waals surface area contributed by atoms with E-state index in [1.807, 2.05) is 12.1 Å². The fourth-order valence-electron chi connectivity index (χ4n) is 3.78. The smallest absolute Gasteiger partial charge is 0.325 e. The molecule has 4 rings (SSSR count). The summed E-state index contributed by atoms with van der Waals surface area (Å²) in [7, 11) is -2.58. The molecule has 0 aliphatic rings. The molecule has 0 atom stereocenters. The Kier molecular flexibility index (Phi) is 8.65. The van der Waals surface area contributed by atoms with E-state index < -0.39 is 21.9 Å². The van der Waals surface area contributed by atoms with Gasteiger partial charge in [0.2, 0.25) is 0 Å². The normalized spacial score (nSPS) is 12.0. The molecule has 0 saturated carbocycles. The number of carbonyl (C=O) groups excluding carboxylic acids is 2. The lowest BCUT2D eigenvalue weighted by Crippen LogP contribution is -2.22. The number of sulfonamides is 1. The summed E-state index contributed by atoms with van der Waals surface area (Å²) in [5.74, 6) is -1.04. The van der Waals surface area contributed by atoms with E-state index in [4.69, 9.17) is 16.3 Å². The number of fused-ring (bicyclic) bond motifs is 1. The van der Waals surface area contributed by atoms with Crippen molar-refractivity contribution >= 4 is 60.7 Å². The fourth-order valence-corrected chi connectivity index (χ4v) is 6.05. The number of aryl methyl sites for hydroxylation is 1. The van der Waals surface area contributed by atoms with E-state index in [0.717, 1.165) is 29.5 Å². The van der Waals surface area contributed by atoms with Crippen LogP contribution in [0.4, 0.5) is 5.69 Å². The van der Waals surface area contributed by atoms with Crippen molar-refractivity contribution in [3.8, 4) is 0 Å². The summed E-state index contributed by atoms with van der Waals surface area (Å²) in [5, 5.41) is 0.418. The first-order valence-electron chi connectivity index (χ1n) is 11.9. The molecule has 1 heterocycles. The zero-order valence-corrected chi connectivity index (χ0v) is 23.2. The number of nitrogens with one attached hydrogen (secondary N) is 1. The Hall–Kier alpha value is -3.47. The van der Waals surface area contributed by atoms with Gasteiger partial charge in [-0.25, -0.2) is 8.42 Å². The van der Waals surface area contributed by atoms with E-state index in [2.05, 4.69) is 22.7 Å². The zero-order valence-electron chi connectivity index (χ0n) is 20.8. The summed E-state index contributed by atoms with van der Waals surface area (Å²) in [4.78, 5) is 29.9. The monoisotopic (exact) mass is 571 g/mol. The molecule has 198 valence electrons. The Morgan fingerprint density at radius 2 is 1.84 bits per heavy atom. The Morgan fingerprint density at radius 1 is 1.08 bits per heavy atom. The number of benzene rings is 3. The molecule has 0 unspecified atom stereocenters. The van der Waals surface area contributed by atoms with Crippen LogP contribution in [0.15, 0.2) is 76.6 Å². The second-order valence-electron chi connectivity index (χ2n) is 8.51. The largest absolute Gasteiger partial charge is 0.468 e. The Balaban J connectivity index is 1.68. The topological polar surface area (TPSA) is 107 Å². The average molecular weight is 572 g/mol. The standard InChI is InChI=1S/C27H26ClN3O5S2/c1-3-4-6-18-9-14-23-24(15-18)37-27(31(23)17-25(32)36-2)29-26(33)19-7-5-8-21(16-19)30-38(34,35)22-12-10-20(28)11-13-22/h5,7-16,30H,3-4,6,17H2,1-2H3. The molecule has 0 aliphatic carbocycles. The number of esters is 1. The van der Waals surface area contributed by atoms with E-state index in [9.17, 15) is 18.0 Å². The second-order valence-corrected chi connectivity index (χ2v) is 11.6. The molecule has 1 aromatic heterocycles. The van der Waals surface area contributed by atoms with E-state index in [1.165, 1.54) is 54.3 Å². The first kappa shape index (κ1) is 27.6. The number of hydrogen-bond acceptors (Lipinski definition) is 6. The van der Waals surface area contributed by atoms with E-state index in [-0.39, 0.29) is 22.7 Å². The van der Waals surface area contributed by atoms with Crippen molar-refractivity contribution in [1.29, 1.82) is 0 Å². The van der Waals surface area contributed by atoms with Crippen LogP contribution in [-0.4, -0.2) is 32.0 Å². The van der Waals surface area contributed by atoms with Crippen molar-refractivity contribution in [2.45, 2.75) is 37.6 Å². The van der Waals surface area contributed by atoms with Gasteiger partial charge in [0.25, 0.3) is 15.9 Å². The van der Waals surface area contributed by atoms with Crippen LogP contribution in [0.2, 0.25) is 5.02 Å². The molecule has 8 nitrogen and oxygen atoms in total. The molecule has 1 amide bonds. The van der Waals surface area contributed by atoms with Gasteiger partial charge >= 0.3 is 5.97 Å². The number of halogens is 1. The highest BCUT2D eigenvalue weighted by Gasteiger charge is 2.16. The van der Waals surface area contributed by atoms with Gasteiger partial charge in [-0.15, -0.1) is 0 Å². The third-order valence-corrected chi connectivity index (χ3v) is 8.45. The molecule has 0 aliphatic heterocycles. The van der Waals surface area contributed by atoms with Crippen molar-refractivity contribution in [2.75, 3.05) is 11.8 Å². The summed E-state index contributed by atoms with van der Waals surface area (Å²) in [5.41, 5.74) is 2.34. The highest BCUT2D eigenvalue weighted by atomic mass is 35.5. The van der Waals surface area contributed by atoms with E-state index in [0.29, 0.717) is 9.82 Å². The van der Waals surface area contributed by atoms with Crippen molar-refractivity contribution < 1.29 is 22.7 Å². The Bertz CT molecular complexity index is 1660. The SMILES string of the molecule is CCCCc1ccc2c(c1)sc(=NC(=O)c1cccc(NS(=O)(=O)c3ccc(Cl)cc3)c1)n2CC(=O)OC. The van der Waals surface area contributed by atoms with Gasteiger partial charge in [0.1, 0.15) is 6.54 Å². The number of aromatic nitrogens is 1. The number of rotatable bonds is 9. The molecule has 0 fully saturated rings. The maximum absolute atomic E-state index is 13.2. The lowest BCUT2D eigenvalue weighted by atomic mass is 10.1. The number of methoxy groups -OCH3 is 1. The number of amides is 1. The van der Waals surface area contributed by atoms with Crippen molar-refractivity contribution in [3.05, 3.63) is 87.7 Å². The average Bonchev–Trinajstić information content (AvgIpc) is 3.23. The Morgan fingerprint density at radius 3 is 2.55 bits per heavy atom. The number of thiazole rings is 1. The molecule has 38 heavy (non-hydrogen) atoms. The van der Waals surface area contributed by atoms with Crippen LogP contribution in [0.3, 0.4) is 0 Å². The minimum Gasteiger partial charge on any atom is -0.468 e. The minimum absolute atomic E-state index is 0.0377. The number of ether oxygens (including phenoxy) is 1. The maximum atomic E-state index is 13.2. The molecular weight excluding hydrogens is 546 g/mol. The molecular formula is C27H26ClN3O5S2. The highest BCUT2D eigenvalue weighted by Crippen LogP contribution is 2.22. The lowest BCUT2D eigenvalue weighted by molar-refractivity contribution is -0.141. The van der Waals surface area contributed by atoms with Gasteiger partial charge in [0, 0.05) is 16.3 Å². The van der Waals surface area contributed by atoms with E-state index >= 15 is 0 Å². The first-order valence-corrected chi connectivity index (χ1v) is 14.5. The van der Waals surface area contributed by atoms with Gasteiger partial charge in [-0.1, -0.05) is 48.4 Å². The van der Waals surface area contributed by atoms with Gasteiger partial charge in [0.05, 0.1) is 22.2 Å². The molecule has 0 saturated heterocycles. The highest BCUT2D eigenvalue weighted by molar-refractivity contribution is 7.92. The predicted molar refractivity (Wildman–Crippen MR) is 149 cm³/mol. The quantitative estimate of drug-likeness (QED) is 0.270. The molecule has 4 aromatic rings. The maximum Gasteiger partial charge on any atom is 0.325 e. The van der Waals surface area contributed by atoms with Crippen LogP contribution < -0.4 is 9.52 Å². The second kappa shape index (κ2) is 11.9. The van der Waals surface area contributed by atoms with Gasteiger partial charge in [-0.05, 0) is 73.0 Å². The van der Waals surface area contributed by atoms with Gasteiger partial charge < -0.3 is 9.30 Å². The number of carbonyl (C=O) groups is 2. The number of hydrogen-bond donors (Lipinski definition) is 1. The molecule has 0 spiro atoms.